The van der Waals surface area contributed by atoms with Gasteiger partial charge in [-0.25, -0.2) is 13.1 Å². The summed E-state index contributed by atoms with van der Waals surface area (Å²) in [6, 6.07) is 1.89. The Morgan fingerprint density at radius 2 is 2.10 bits per heavy atom. The molecule has 0 saturated heterocycles. The van der Waals surface area contributed by atoms with Gasteiger partial charge in [0.15, 0.2) is 0 Å². The molecule has 3 rings (SSSR count). The zero-order valence-corrected chi connectivity index (χ0v) is 12.8. The van der Waals surface area contributed by atoms with E-state index in [1.807, 2.05) is 4.57 Å². The molecular formula is C14H22N2O4S. The van der Waals surface area contributed by atoms with Crippen molar-refractivity contribution >= 4 is 10.0 Å². The number of nitrogens with zero attached hydrogens (tertiary/aromatic N) is 1. The minimum absolute atomic E-state index is 0.142. The van der Waals surface area contributed by atoms with Gasteiger partial charge in [0, 0.05) is 31.1 Å². The third-order valence-corrected chi connectivity index (χ3v) is 5.34. The number of sulfonamides is 1. The highest BCUT2D eigenvalue weighted by Gasteiger charge is 2.28. The lowest BCUT2D eigenvalue weighted by Gasteiger charge is -2.06. The van der Waals surface area contributed by atoms with E-state index in [9.17, 15) is 13.5 Å². The first-order chi connectivity index (χ1) is 10.1. The average molecular weight is 314 g/mol. The van der Waals surface area contributed by atoms with E-state index >= 15 is 0 Å². The van der Waals surface area contributed by atoms with E-state index in [-0.39, 0.29) is 18.0 Å². The summed E-state index contributed by atoms with van der Waals surface area (Å²) in [6.45, 7) is 1.26. The molecule has 2 fully saturated rings. The van der Waals surface area contributed by atoms with Crippen molar-refractivity contribution in [3.63, 3.8) is 0 Å². The first-order valence-corrected chi connectivity index (χ1v) is 8.97. The van der Waals surface area contributed by atoms with Crippen LogP contribution >= 0.6 is 0 Å². The predicted molar refractivity (Wildman–Crippen MR) is 77.4 cm³/mol. The van der Waals surface area contributed by atoms with Crippen molar-refractivity contribution in [3.8, 4) is 0 Å². The van der Waals surface area contributed by atoms with Crippen LogP contribution in [0, 0.1) is 5.92 Å². The Morgan fingerprint density at radius 1 is 1.33 bits per heavy atom. The first-order valence-electron chi connectivity index (χ1n) is 7.49. The van der Waals surface area contributed by atoms with Gasteiger partial charge in [-0.05, 0) is 37.7 Å². The summed E-state index contributed by atoms with van der Waals surface area (Å²) in [5, 5.41) is 9.32. The highest BCUT2D eigenvalue weighted by atomic mass is 32.2. The smallest absolute Gasteiger partial charge is 0.242 e. The van der Waals surface area contributed by atoms with E-state index in [1.165, 1.54) is 12.8 Å². The van der Waals surface area contributed by atoms with Gasteiger partial charge in [-0.1, -0.05) is 0 Å². The summed E-state index contributed by atoms with van der Waals surface area (Å²) >= 11 is 0. The fraction of sp³-hybridized carbons (Fsp3) is 0.714. The van der Waals surface area contributed by atoms with E-state index in [2.05, 4.69) is 4.72 Å². The molecular weight excluding hydrogens is 292 g/mol. The average Bonchev–Trinajstić information content (AvgIpc) is 3.37. The van der Waals surface area contributed by atoms with Gasteiger partial charge in [0.05, 0.1) is 18.1 Å². The summed E-state index contributed by atoms with van der Waals surface area (Å²) < 4.78 is 34.2. The van der Waals surface area contributed by atoms with Crippen molar-refractivity contribution in [2.24, 2.45) is 5.92 Å². The van der Waals surface area contributed by atoms with Crippen LogP contribution < -0.4 is 4.72 Å². The van der Waals surface area contributed by atoms with Crippen molar-refractivity contribution in [3.05, 3.63) is 18.0 Å². The molecule has 2 aliphatic rings. The van der Waals surface area contributed by atoms with E-state index in [1.54, 1.807) is 12.3 Å². The largest absolute Gasteiger partial charge is 0.390 e. The van der Waals surface area contributed by atoms with Crippen molar-refractivity contribution in [1.82, 2.24) is 9.29 Å². The number of aliphatic hydroxyl groups is 1. The third kappa shape index (κ3) is 3.85. The lowest BCUT2D eigenvalue weighted by molar-refractivity contribution is 0.129. The van der Waals surface area contributed by atoms with Crippen molar-refractivity contribution in [2.45, 2.75) is 43.2 Å². The molecule has 1 aromatic rings. The molecule has 2 N–H and O–H groups in total. The number of rotatable bonds is 9. The van der Waals surface area contributed by atoms with E-state index in [0.29, 0.717) is 24.3 Å². The summed E-state index contributed by atoms with van der Waals surface area (Å²) in [4.78, 5) is 0.223. The standard InChI is InChI=1S/C14H22N2O4S/c17-9-13-7-14(8-16(13)12-3-4-12)21(18,19)15-5-6-20-10-11-1-2-11/h7-8,11-12,15,17H,1-6,9-10H2. The fourth-order valence-electron chi connectivity index (χ4n) is 2.33. The number of hydrogen-bond donors (Lipinski definition) is 2. The molecule has 7 heteroatoms. The summed E-state index contributed by atoms with van der Waals surface area (Å²) in [5.41, 5.74) is 0.655. The van der Waals surface area contributed by atoms with Crippen molar-refractivity contribution in [2.75, 3.05) is 19.8 Å². The zero-order chi connectivity index (χ0) is 14.9. The SMILES string of the molecule is O=S(=O)(NCCOCC1CC1)c1cc(CO)n(C2CC2)c1. The molecule has 0 atom stereocenters. The summed E-state index contributed by atoms with van der Waals surface area (Å²) in [5.74, 6) is 0.682. The van der Waals surface area contributed by atoms with E-state index < -0.39 is 10.0 Å². The normalized spacial score (nSPS) is 19.1. The highest BCUT2D eigenvalue weighted by molar-refractivity contribution is 7.89. The second-order valence-corrected chi connectivity index (χ2v) is 7.65. The third-order valence-electron chi connectivity index (χ3n) is 3.91. The minimum Gasteiger partial charge on any atom is -0.390 e. The Bertz CT molecular complexity index is 588. The molecule has 0 radical (unpaired) electrons. The molecule has 6 nitrogen and oxygen atoms in total. The predicted octanol–water partition coefficient (Wildman–Crippen LogP) is 1.02. The highest BCUT2D eigenvalue weighted by Crippen LogP contribution is 2.37. The second-order valence-electron chi connectivity index (χ2n) is 5.88. The van der Waals surface area contributed by atoms with Gasteiger partial charge >= 0.3 is 0 Å². The van der Waals surface area contributed by atoms with Crippen LogP contribution in [-0.4, -0.2) is 37.8 Å². The Morgan fingerprint density at radius 3 is 2.71 bits per heavy atom. The van der Waals surface area contributed by atoms with Gasteiger partial charge in [-0.15, -0.1) is 0 Å². The molecule has 0 amide bonds. The summed E-state index contributed by atoms with van der Waals surface area (Å²) in [7, 11) is -3.52. The molecule has 0 unspecified atom stereocenters. The zero-order valence-electron chi connectivity index (χ0n) is 12.0. The Balaban J connectivity index is 1.55. The maximum absolute atomic E-state index is 12.2. The molecule has 0 aromatic carbocycles. The molecule has 2 aliphatic carbocycles. The van der Waals surface area contributed by atoms with Gasteiger partial charge in [0.1, 0.15) is 0 Å². The maximum Gasteiger partial charge on any atom is 0.242 e. The first kappa shape index (κ1) is 15.0. The van der Waals surface area contributed by atoms with Crippen molar-refractivity contribution < 1.29 is 18.3 Å². The fourth-order valence-corrected chi connectivity index (χ4v) is 3.39. The maximum atomic E-state index is 12.2. The molecule has 1 heterocycles. The van der Waals surface area contributed by atoms with Gasteiger partial charge in [-0.3, -0.25) is 0 Å². The molecule has 1 aromatic heterocycles. The van der Waals surface area contributed by atoms with Crippen LogP contribution in [0.4, 0.5) is 0 Å². The monoisotopic (exact) mass is 314 g/mol. The molecule has 0 aliphatic heterocycles. The van der Waals surface area contributed by atoms with Gasteiger partial charge in [0.25, 0.3) is 0 Å². The summed E-state index contributed by atoms with van der Waals surface area (Å²) in [6.07, 6.45) is 6.17. The number of aliphatic hydroxyl groups excluding tert-OH is 1. The van der Waals surface area contributed by atoms with Gasteiger partial charge in [-0.2, -0.15) is 0 Å². The molecule has 2 saturated carbocycles. The lowest BCUT2D eigenvalue weighted by Crippen LogP contribution is -2.27. The Hall–Kier alpha value is -0.890. The minimum atomic E-state index is -3.52. The molecule has 0 bridgehead atoms. The van der Waals surface area contributed by atoms with Crippen LogP contribution in [0.3, 0.4) is 0 Å². The lowest BCUT2D eigenvalue weighted by atomic mass is 10.4. The van der Waals surface area contributed by atoms with Gasteiger partial charge < -0.3 is 14.4 Å². The van der Waals surface area contributed by atoms with Crippen molar-refractivity contribution in [1.29, 1.82) is 0 Å². The molecule has 0 spiro atoms. The van der Waals surface area contributed by atoms with Crippen LogP contribution in [0.15, 0.2) is 17.2 Å². The molecule has 21 heavy (non-hydrogen) atoms. The number of nitrogens with one attached hydrogen (secondary N) is 1. The second kappa shape index (κ2) is 6.08. The number of ether oxygens (including phenoxy) is 1. The van der Waals surface area contributed by atoms with Crippen LogP contribution in [0.2, 0.25) is 0 Å². The van der Waals surface area contributed by atoms with Gasteiger partial charge in [0.2, 0.25) is 10.0 Å². The number of aromatic nitrogens is 1. The van der Waals surface area contributed by atoms with E-state index in [4.69, 9.17) is 4.74 Å². The Labute approximate surface area is 125 Å². The van der Waals surface area contributed by atoms with E-state index in [0.717, 1.165) is 19.4 Å². The number of hydrogen-bond acceptors (Lipinski definition) is 4. The molecule has 118 valence electrons. The van der Waals surface area contributed by atoms with Crippen LogP contribution in [0.1, 0.15) is 37.4 Å². The topological polar surface area (TPSA) is 80.6 Å². The van der Waals surface area contributed by atoms with Crippen LogP contribution in [0.25, 0.3) is 0 Å². The Kier molecular flexibility index (Phi) is 4.35. The van der Waals surface area contributed by atoms with Crippen LogP contribution in [0.5, 0.6) is 0 Å². The van der Waals surface area contributed by atoms with Crippen LogP contribution in [-0.2, 0) is 21.4 Å². The quantitative estimate of drug-likeness (QED) is 0.667.